The lowest BCUT2D eigenvalue weighted by atomic mass is 9.61. The highest BCUT2D eigenvalue weighted by Gasteiger charge is 2.47. The van der Waals surface area contributed by atoms with Crippen molar-refractivity contribution in [3.63, 3.8) is 0 Å². The van der Waals surface area contributed by atoms with E-state index >= 15 is 4.39 Å². The average Bonchev–Trinajstić information content (AvgIpc) is 3.54. The number of carboxylic acids is 1. The van der Waals surface area contributed by atoms with Gasteiger partial charge >= 0.3 is 5.97 Å². The molecule has 3 N–H and O–H groups in total. The molecular weight excluding hydrogens is 511 g/mol. The van der Waals surface area contributed by atoms with Crippen LogP contribution in [0.3, 0.4) is 0 Å². The average molecular weight is 533 g/mol. The Morgan fingerprint density at radius 2 is 1.92 bits per heavy atom. The normalized spacial score (nSPS) is 22.8. The van der Waals surface area contributed by atoms with Gasteiger partial charge in [-0.15, -0.1) is 0 Å². The summed E-state index contributed by atoms with van der Waals surface area (Å²) in [6, 6.07) is 8.65. The van der Waals surface area contributed by atoms with E-state index in [4.69, 9.17) is 16.0 Å². The van der Waals surface area contributed by atoms with Gasteiger partial charge in [0.25, 0.3) is 0 Å². The maximum absolute atomic E-state index is 16.2. The quantitative estimate of drug-likeness (QED) is 0.254. The van der Waals surface area contributed by atoms with Gasteiger partial charge in [-0.1, -0.05) is 29.8 Å². The van der Waals surface area contributed by atoms with Crippen molar-refractivity contribution in [3.05, 3.63) is 53.7 Å². The number of anilines is 1. The fourth-order valence-corrected chi connectivity index (χ4v) is 6.27. The second kappa shape index (κ2) is 8.76. The molecule has 192 valence electrons. The third kappa shape index (κ3) is 3.70. The van der Waals surface area contributed by atoms with Crippen LogP contribution in [0.1, 0.15) is 25.7 Å². The van der Waals surface area contributed by atoms with Crippen molar-refractivity contribution in [1.82, 2.24) is 24.9 Å². The van der Waals surface area contributed by atoms with Crippen molar-refractivity contribution in [2.45, 2.75) is 31.7 Å². The van der Waals surface area contributed by atoms with Crippen molar-refractivity contribution < 1.29 is 18.7 Å². The molecule has 3 fully saturated rings. The summed E-state index contributed by atoms with van der Waals surface area (Å²) in [4.78, 5) is 33.0. The van der Waals surface area contributed by atoms with Crippen LogP contribution in [0.4, 0.5) is 10.2 Å². The van der Waals surface area contributed by atoms with Crippen molar-refractivity contribution in [2.75, 3.05) is 5.32 Å². The number of hydrogen-bond donors (Lipinski definition) is 3. The first kappa shape index (κ1) is 23.1. The Balaban J connectivity index is 1.40. The summed E-state index contributed by atoms with van der Waals surface area (Å²) < 4.78 is 22.1. The van der Waals surface area contributed by atoms with Gasteiger partial charge < -0.3 is 19.8 Å². The molecule has 11 heteroatoms. The van der Waals surface area contributed by atoms with Crippen LogP contribution in [0.15, 0.2) is 47.1 Å². The standard InChI is InChI=1S/C27H22ClFN6O3/c28-18-11-31-26-22(32-18)15(10-30-26)24-34-23(17-9-14-3-1-2-4-16(14)38-17)20(29)25(35-24)33-21-13-7-5-12(6-8-13)19(21)27(36)37/h1-4,9-13,19,21H,5-8H2,(H,30,31)(H,36,37)(H,33,34,35)/t12?,13?,19-,21?/m0/s1. The van der Waals surface area contributed by atoms with Crippen LogP contribution in [-0.2, 0) is 4.79 Å². The Morgan fingerprint density at radius 1 is 1.13 bits per heavy atom. The number of H-pyrrole nitrogens is 1. The van der Waals surface area contributed by atoms with Gasteiger partial charge in [-0.3, -0.25) is 4.79 Å². The Hall–Kier alpha value is -4.05. The van der Waals surface area contributed by atoms with Gasteiger partial charge in [0.2, 0.25) is 0 Å². The van der Waals surface area contributed by atoms with E-state index in [0.717, 1.165) is 31.1 Å². The number of para-hydroxylation sites is 1. The van der Waals surface area contributed by atoms with Crippen LogP contribution in [0.25, 0.3) is 45.0 Å². The molecule has 9 nitrogen and oxygen atoms in total. The molecule has 0 spiro atoms. The lowest BCUT2D eigenvalue weighted by Crippen LogP contribution is -2.51. The molecule has 3 aliphatic carbocycles. The van der Waals surface area contributed by atoms with Crippen LogP contribution in [-0.4, -0.2) is 42.0 Å². The zero-order valence-corrected chi connectivity index (χ0v) is 20.7. The van der Waals surface area contributed by atoms with Gasteiger partial charge in [0.15, 0.2) is 28.9 Å². The first-order valence-electron chi connectivity index (χ1n) is 12.5. The molecule has 8 rings (SSSR count). The van der Waals surface area contributed by atoms with Crippen LogP contribution >= 0.6 is 11.6 Å². The van der Waals surface area contributed by atoms with Crippen molar-refractivity contribution >= 4 is 45.5 Å². The number of nitrogens with one attached hydrogen (secondary N) is 2. The smallest absolute Gasteiger partial charge is 0.308 e. The number of aliphatic carboxylic acids is 1. The Kier molecular flexibility index (Phi) is 5.33. The molecule has 3 saturated carbocycles. The van der Waals surface area contributed by atoms with Gasteiger partial charge in [-0.25, -0.2) is 24.3 Å². The van der Waals surface area contributed by atoms with Gasteiger partial charge in [0, 0.05) is 17.6 Å². The van der Waals surface area contributed by atoms with E-state index in [1.807, 2.05) is 18.2 Å². The molecule has 0 amide bonds. The second-order valence-electron chi connectivity index (χ2n) is 10.0. The molecule has 38 heavy (non-hydrogen) atoms. The van der Waals surface area contributed by atoms with E-state index in [1.165, 1.54) is 6.20 Å². The second-order valence-corrected chi connectivity index (χ2v) is 10.4. The third-order valence-electron chi connectivity index (χ3n) is 7.91. The van der Waals surface area contributed by atoms with Crippen LogP contribution in [0.2, 0.25) is 5.15 Å². The minimum atomic E-state index is -0.870. The molecule has 2 atom stereocenters. The van der Waals surface area contributed by atoms with Crippen LogP contribution in [0.5, 0.6) is 0 Å². The molecule has 1 unspecified atom stereocenters. The zero-order valence-electron chi connectivity index (χ0n) is 20.0. The van der Waals surface area contributed by atoms with Crippen LogP contribution < -0.4 is 5.32 Å². The molecule has 0 radical (unpaired) electrons. The highest BCUT2D eigenvalue weighted by molar-refractivity contribution is 6.29. The fraction of sp³-hybridized carbons (Fsp3) is 0.296. The van der Waals surface area contributed by atoms with Gasteiger partial charge in [-0.05, 0) is 49.7 Å². The minimum absolute atomic E-state index is 0.0362. The minimum Gasteiger partial charge on any atom is -0.481 e. The molecule has 1 aromatic carbocycles. The maximum Gasteiger partial charge on any atom is 0.308 e. The largest absolute Gasteiger partial charge is 0.481 e. The number of aromatic nitrogens is 5. The van der Waals surface area contributed by atoms with Gasteiger partial charge in [0.1, 0.15) is 21.9 Å². The molecule has 0 aliphatic heterocycles. The number of carbonyl (C=O) groups is 1. The number of carboxylic acid groups (broad SMARTS) is 1. The summed E-state index contributed by atoms with van der Waals surface area (Å²) in [7, 11) is 0. The monoisotopic (exact) mass is 532 g/mol. The van der Waals surface area contributed by atoms with E-state index in [2.05, 4.69) is 30.2 Å². The van der Waals surface area contributed by atoms with E-state index < -0.39 is 23.7 Å². The summed E-state index contributed by atoms with van der Waals surface area (Å²) in [5.74, 6) is -1.68. The van der Waals surface area contributed by atoms with Crippen LogP contribution in [0, 0.1) is 23.6 Å². The van der Waals surface area contributed by atoms with Gasteiger partial charge in [0.05, 0.1) is 17.7 Å². The fourth-order valence-electron chi connectivity index (χ4n) is 6.14. The van der Waals surface area contributed by atoms with Crippen molar-refractivity contribution in [3.8, 4) is 22.8 Å². The molecule has 5 aromatic rings. The number of nitrogens with zero attached hydrogens (tertiary/aromatic N) is 4. The number of fused-ring (bicyclic) bond motifs is 5. The first-order valence-corrected chi connectivity index (χ1v) is 12.9. The summed E-state index contributed by atoms with van der Waals surface area (Å²) >= 11 is 6.10. The highest BCUT2D eigenvalue weighted by Crippen LogP contribution is 2.47. The number of hydrogen-bond acceptors (Lipinski definition) is 7. The van der Waals surface area contributed by atoms with E-state index in [1.54, 1.807) is 18.3 Å². The number of benzene rings is 1. The SMILES string of the molecule is O=C(O)[C@H]1C2CCC(CC2)C1Nc1nc(-c2c[nH]c3ncc(Cl)nc23)nc(-c2cc3ccccc3o2)c1F. The maximum atomic E-state index is 16.2. The summed E-state index contributed by atoms with van der Waals surface area (Å²) in [6.45, 7) is 0. The van der Waals surface area contributed by atoms with E-state index in [0.29, 0.717) is 22.3 Å². The van der Waals surface area contributed by atoms with Crippen molar-refractivity contribution in [1.29, 1.82) is 0 Å². The Morgan fingerprint density at radius 3 is 2.71 bits per heavy atom. The first-order chi connectivity index (χ1) is 18.5. The molecule has 3 aliphatic rings. The number of furan rings is 1. The molecule has 2 bridgehead atoms. The third-order valence-corrected chi connectivity index (χ3v) is 8.09. The molecular formula is C27H22ClFN6O3. The lowest BCUT2D eigenvalue weighted by molar-refractivity contribution is -0.148. The van der Waals surface area contributed by atoms with E-state index in [9.17, 15) is 9.90 Å². The zero-order chi connectivity index (χ0) is 26.0. The predicted molar refractivity (Wildman–Crippen MR) is 139 cm³/mol. The number of aromatic amines is 1. The number of halogens is 2. The molecule has 4 heterocycles. The summed E-state index contributed by atoms with van der Waals surface area (Å²) in [6.07, 6.45) is 6.61. The molecule has 0 saturated heterocycles. The predicted octanol–water partition coefficient (Wildman–Crippen LogP) is 5.92. The van der Waals surface area contributed by atoms with Crippen molar-refractivity contribution in [2.24, 2.45) is 17.8 Å². The number of rotatable bonds is 5. The Bertz CT molecular complexity index is 1680. The summed E-state index contributed by atoms with van der Waals surface area (Å²) in [5.41, 5.74) is 1.96. The topological polar surface area (TPSA) is 130 Å². The lowest BCUT2D eigenvalue weighted by Gasteiger charge is -2.47. The van der Waals surface area contributed by atoms with Gasteiger partial charge in [-0.2, -0.15) is 0 Å². The molecule has 4 aromatic heterocycles. The highest BCUT2D eigenvalue weighted by atomic mass is 35.5. The Labute approximate surface area is 220 Å². The summed E-state index contributed by atoms with van der Waals surface area (Å²) in [5, 5.41) is 14.2. The van der Waals surface area contributed by atoms with E-state index in [-0.39, 0.29) is 40.1 Å².